The van der Waals surface area contributed by atoms with Crippen molar-refractivity contribution in [3.05, 3.63) is 54.1 Å². The van der Waals surface area contributed by atoms with Gasteiger partial charge in [0.25, 0.3) is 5.91 Å². The van der Waals surface area contributed by atoms with E-state index in [1.807, 2.05) is 31.3 Å². The van der Waals surface area contributed by atoms with Crippen LogP contribution < -0.4 is 11.1 Å². The Bertz CT molecular complexity index is 1140. The molecule has 0 atom stereocenters. The monoisotopic (exact) mass is 361 g/mol. The minimum atomic E-state index is -0.128. The lowest BCUT2D eigenvalue weighted by atomic mass is 10.2. The van der Waals surface area contributed by atoms with Crippen LogP contribution in [0.2, 0.25) is 0 Å². The molecule has 3 N–H and O–H groups in total. The molecule has 4 rings (SSSR count). The standard InChI is InChI=1S/C21H23N5O/c1-3-26-17-7-5-4-6-14(17)13-19(26)20-24-16-12-15(21(27)23-11-10-22)8-9-18(16)25(20)2/h4-9,12-13H,3,10-11,22H2,1-2H3,(H,23,27). The Morgan fingerprint density at radius 2 is 1.96 bits per heavy atom. The number of nitrogens with zero attached hydrogens (tertiary/aromatic N) is 3. The van der Waals surface area contributed by atoms with Crippen LogP contribution in [-0.4, -0.2) is 33.1 Å². The molecule has 2 heterocycles. The van der Waals surface area contributed by atoms with Crippen LogP contribution in [-0.2, 0) is 13.6 Å². The van der Waals surface area contributed by atoms with Gasteiger partial charge in [0.2, 0.25) is 0 Å². The number of hydrogen-bond acceptors (Lipinski definition) is 3. The van der Waals surface area contributed by atoms with Crippen LogP contribution in [0.1, 0.15) is 17.3 Å². The maximum absolute atomic E-state index is 12.2. The number of nitrogens with two attached hydrogens (primary N) is 1. The number of fused-ring (bicyclic) bond motifs is 2. The van der Waals surface area contributed by atoms with E-state index < -0.39 is 0 Å². The Morgan fingerprint density at radius 1 is 1.15 bits per heavy atom. The zero-order valence-electron chi connectivity index (χ0n) is 15.6. The van der Waals surface area contributed by atoms with Crippen LogP contribution in [0.3, 0.4) is 0 Å². The largest absolute Gasteiger partial charge is 0.351 e. The molecule has 138 valence electrons. The number of rotatable bonds is 5. The van der Waals surface area contributed by atoms with Gasteiger partial charge in [0.05, 0.1) is 16.7 Å². The summed E-state index contributed by atoms with van der Waals surface area (Å²) in [6.07, 6.45) is 0. The summed E-state index contributed by atoms with van der Waals surface area (Å²) in [6, 6.07) is 16.1. The fourth-order valence-corrected chi connectivity index (χ4v) is 3.59. The summed E-state index contributed by atoms with van der Waals surface area (Å²) >= 11 is 0. The third-order valence-corrected chi connectivity index (χ3v) is 4.93. The maximum atomic E-state index is 12.2. The number of hydrogen-bond donors (Lipinski definition) is 2. The van der Waals surface area contributed by atoms with E-state index in [-0.39, 0.29) is 5.91 Å². The molecule has 4 aromatic rings. The van der Waals surface area contributed by atoms with Gasteiger partial charge in [-0.25, -0.2) is 4.98 Å². The van der Waals surface area contributed by atoms with Gasteiger partial charge in [-0.05, 0) is 37.3 Å². The van der Waals surface area contributed by atoms with Crippen molar-refractivity contribution in [3.8, 4) is 11.5 Å². The number of aromatic nitrogens is 3. The second-order valence-electron chi connectivity index (χ2n) is 6.58. The molecule has 27 heavy (non-hydrogen) atoms. The molecule has 0 aliphatic heterocycles. The first kappa shape index (κ1) is 17.3. The molecule has 0 spiro atoms. The minimum absolute atomic E-state index is 0.128. The molecule has 0 unspecified atom stereocenters. The highest BCUT2D eigenvalue weighted by atomic mass is 16.1. The van der Waals surface area contributed by atoms with Crippen molar-refractivity contribution in [2.75, 3.05) is 13.1 Å². The highest BCUT2D eigenvalue weighted by molar-refractivity contribution is 5.98. The number of imidazole rings is 1. The van der Waals surface area contributed by atoms with E-state index in [2.05, 4.69) is 45.6 Å². The minimum Gasteiger partial charge on any atom is -0.351 e. The number of carbonyl (C=O) groups excluding carboxylic acids is 1. The quantitative estimate of drug-likeness (QED) is 0.574. The lowest BCUT2D eigenvalue weighted by Crippen LogP contribution is -2.28. The van der Waals surface area contributed by atoms with Crippen molar-refractivity contribution in [2.24, 2.45) is 12.8 Å². The van der Waals surface area contributed by atoms with Crippen molar-refractivity contribution in [1.82, 2.24) is 19.4 Å². The van der Waals surface area contributed by atoms with Crippen LogP contribution in [0, 0.1) is 0 Å². The number of carbonyl (C=O) groups is 1. The first-order chi connectivity index (χ1) is 13.1. The molecule has 6 nitrogen and oxygen atoms in total. The fraction of sp³-hybridized carbons (Fsp3) is 0.238. The van der Waals surface area contributed by atoms with Gasteiger partial charge in [-0.2, -0.15) is 0 Å². The summed E-state index contributed by atoms with van der Waals surface area (Å²) in [5.74, 6) is 0.764. The van der Waals surface area contributed by atoms with E-state index in [9.17, 15) is 4.79 Å². The highest BCUT2D eigenvalue weighted by Gasteiger charge is 2.17. The summed E-state index contributed by atoms with van der Waals surface area (Å²) in [4.78, 5) is 17.1. The molecule has 2 aromatic carbocycles. The van der Waals surface area contributed by atoms with Gasteiger partial charge in [0.15, 0.2) is 5.82 Å². The molecule has 2 aromatic heterocycles. The molecule has 0 fully saturated rings. The third kappa shape index (κ3) is 2.88. The van der Waals surface area contributed by atoms with Crippen molar-refractivity contribution in [2.45, 2.75) is 13.5 Å². The zero-order valence-corrected chi connectivity index (χ0v) is 15.6. The van der Waals surface area contributed by atoms with Crippen LogP contribution >= 0.6 is 0 Å². The summed E-state index contributed by atoms with van der Waals surface area (Å²) in [5.41, 5.74) is 10.1. The molecular weight excluding hydrogens is 338 g/mol. The highest BCUT2D eigenvalue weighted by Crippen LogP contribution is 2.30. The SMILES string of the molecule is CCn1c(-c2nc3cc(C(=O)NCCN)ccc3n2C)cc2ccccc21. The predicted octanol–water partition coefficient (Wildman–Crippen LogP) is 2.90. The number of nitrogens with one attached hydrogen (secondary N) is 1. The maximum Gasteiger partial charge on any atom is 0.251 e. The van der Waals surface area contributed by atoms with Gasteiger partial charge in [-0.15, -0.1) is 0 Å². The molecule has 0 aliphatic rings. The van der Waals surface area contributed by atoms with Gasteiger partial charge in [-0.3, -0.25) is 4.79 Å². The van der Waals surface area contributed by atoms with E-state index >= 15 is 0 Å². The molecule has 0 saturated heterocycles. The van der Waals surface area contributed by atoms with Gasteiger partial charge < -0.3 is 20.2 Å². The number of para-hydroxylation sites is 1. The Labute approximate surface area is 157 Å². The Hall–Kier alpha value is -3.12. The van der Waals surface area contributed by atoms with Crippen molar-refractivity contribution < 1.29 is 4.79 Å². The zero-order chi connectivity index (χ0) is 19.0. The molecule has 0 bridgehead atoms. The summed E-state index contributed by atoms with van der Waals surface area (Å²) in [6.45, 7) is 3.88. The molecule has 0 aliphatic carbocycles. The second-order valence-corrected chi connectivity index (χ2v) is 6.58. The lowest BCUT2D eigenvalue weighted by molar-refractivity contribution is 0.0955. The van der Waals surface area contributed by atoms with E-state index in [1.54, 1.807) is 0 Å². The Morgan fingerprint density at radius 3 is 2.74 bits per heavy atom. The molecule has 0 saturated carbocycles. The van der Waals surface area contributed by atoms with Gasteiger partial charge in [-0.1, -0.05) is 18.2 Å². The predicted molar refractivity (Wildman–Crippen MR) is 109 cm³/mol. The third-order valence-electron chi connectivity index (χ3n) is 4.93. The van der Waals surface area contributed by atoms with Gasteiger partial charge >= 0.3 is 0 Å². The molecular formula is C21H23N5O. The lowest BCUT2D eigenvalue weighted by Gasteiger charge is -2.08. The summed E-state index contributed by atoms with van der Waals surface area (Å²) in [5, 5.41) is 4.00. The first-order valence-electron chi connectivity index (χ1n) is 9.17. The van der Waals surface area contributed by atoms with Gasteiger partial charge in [0.1, 0.15) is 0 Å². The van der Waals surface area contributed by atoms with Crippen molar-refractivity contribution in [3.63, 3.8) is 0 Å². The number of amides is 1. The second kappa shape index (κ2) is 6.89. The van der Waals surface area contributed by atoms with Crippen LogP contribution in [0.25, 0.3) is 33.5 Å². The van der Waals surface area contributed by atoms with E-state index in [4.69, 9.17) is 10.7 Å². The summed E-state index contributed by atoms with van der Waals surface area (Å²) in [7, 11) is 2.01. The molecule has 0 radical (unpaired) electrons. The fourth-order valence-electron chi connectivity index (χ4n) is 3.59. The normalized spacial score (nSPS) is 11.4. The van der Waals surface area contributed by atoms with E-state index in [1.165, 1.54) is 10.9 Å². The average molecular weight is 361 g/mol. The van der Waals surface area contributed by atoms with E-state index in [0.717, 1.165) is 29.1 Å². The molecule has 1 amide bonds. The number of aryl methyl sites for hydroxylation is 2. The first-order valence-corrected chi connectivity index (χ1v) is 9.17. The smallest absolute Gasteiger partial charge is 0.251 e. The molecule has 6 heteroatoms. The van der Waals surface area contributed by atoms with Crippen LogP contribution in [0.15, 0.2) is 48.5 Å². The van der Waals surface area contributed by atoms with Gasteiger partial charge in [0, 0.05) is 43.1 Å². The van der Waals surface area contributed by atoms with Crippen molar-refractivity contribution in [1.29, 1.82) is 0 Å². The topological polar surface area (TPSA) is 77.9 Å². The summed E-state index contributed by atoms with van der Waals surface area (Å²) < 4.78 is 4.35. The number of benzene rings is 2. The van der Waals surface area contributed by atoms with Crippen LogP contribution in [0.4, 0.5) is 0 Å². The van der Waals surface area contributed by atoms with Crippen molar-refractivity contribution >= 4 is 27.8 Å². The van der Waals surface area contributed by atoms with Crippen LogP contribution in [0.5, 0.6) is 0 Å². The Balaban J connectivity index is 1.83. The average Bonchev–Trinajstić information content (AvgIpc) is 3.23. The Kier molecular flexibility index (Phi) is 4.41. The van der Waals surface area contributed by atoms with E-state index in [0.29, 0.717) is 18.7 Å².